The topological polar surface area (TPSA) is 141 Å². The number of aliphatic carboxylic acids is 1. The Morgan fingerprint density at radius 3 is 2.60 bits per heavy atom. The SMILES string of the molecule is CC(C)(C)OC(=O)NC(CC(=O)O)Cn1nnc(-c2ccc(Oc3ncc(Br)cc3F)c(F)c2)n1. The minimum Gasteiger partial charge on any atom is -0.481 e. The number of benzene rings is 1. The van der Waals surface area contributed by atoms with E-state index in [9.17, 15) is 18.4 Å². The van der Waals surface area contributed by atoms with Crippen molar-refractivity contribution in [1.82, 2.24) is 30.5 Å². The van der Waals surface area contributed by atoms with Crippen LogP contribution in [-0.2, 0) is 16.1 Å². The van der Waals surface area contributed by atoms with Crippen LogP contribution in [0.3, 0.4) is 0 Å². The van der Waals surface area contributed by atoms with Gasteiger partial charge in [0.2, 0.25) is 5.82 Å². The number of ether oxygens (including phenoxy) is 2. The second kappa shape index (κ2) is 10.7. The van der Waals surface area contributed by atoms with E-state index < -0.39 is 47.6 Å². The molecular weight excluding hydrogens is 534 g/mol. The average molecular weight is 555 g/mol. The molecule has 1 aromatic carbocycles. The number of carbonyl (C=O) groups is 2. The maximum Gasteiger partial charge on any atom is 0.407 e. The molecule has 0 fully saturated rings. The van der Waals surface area contributed by atoms with Crippen molar-refractivity contribution in [3.05, 3.63) is 46.6 Å². The maximum atomic E-state index is 14.6. The fourth-order valence-electron chi connectivity index (χ4n) is 2.78. The van der Waals surface area contributed by atoms with E-state index in [1.807, 2.05) is 0 Å². The van der Waals surface area contributed by atoms with Gasteiger partial charge in [-0.15, -0.1) is 10.2 Å². The number of rotatable bonds is 8. The summed E-state index contributed by atoms with van der Waals surface area (Å²) < 4.78 is 39.2. The summed E-state index contributed by atoms with van der Waals surface area (Å²) in [5.41, 5.74) is -0.532. The van der Waals surface area contributed by atoms with Crippen LogP contribution in [0.2, 0.25) is 0 Å². The van der Waals surface area contributed by atoms with Crippen LogP contribution in [0.4, 0.5) is 13.6 Å². The van der Waals surface area contributed by atoms with Crippen LogP contribution in [0.25, 0.3) is 11.4 Å². The lowest BCUT2D eigenvalue weighted by molar-refractivity contribution is -0.137. The Balaban J connectivity index is 1.72. The summed E-state index contributed by atoms with van der Waals surface area (Å²) in [6, 6.07) is 3.99. The normalized spacial score (nSPS) is 12.2. The number of carbonyl (C=O) groups excluding carboxylic acids is 1. The zero-order valence-corrected chi connectivity index (χ0v) is 20.4. The van der Waals surface area contributed by atoms with Crippen LogP contribution in [0.1, 0.15) is 27.2 Å². The first kappa shape index (κ1) is 25.9. The van der Waals surface area contributed by atoms with Crippen molar-refractivity contribution in [3.8, 4) is 23.0 Å². The number of hydrogen-bond donors (Lipinski definition) is 2. The summed E-state index contributed by atoms with van der Waals surface area (Å²) in [7, 11) is 0. The van der Waals surface area contributed by atoms with Crippen LogP contribution >= 0.6 is 15.9 Å². The molecule has 0 aliphatic heterocycles. The Hall–Kier alpha value is -3.68. The van der Waals surface area contributed by atoms with Crippen LogP contribution in [0.5, 0.6) is 11.6 Å². The summed E-state index contributed by atoms with van der Waals surface area (Å²) in [5.74, 6) is -3.37. The number of halogens is 3. The highest BCUT2D eigenvalue weighted by molar-refractivity contribution is 9.10. The molecule has 3 aromatic rings. The van der Waals surface area contributed by atoms with E-state index >= 15 is 0 Å². The van der Waals surface area contributed by atoms with Crippen molar-refractivity contribution in [3.63, 3.8) is 0 Å². The van der Waals surface area contributed by atoms with E-state index in [0.29, 0.717) is 4.47 Å². The first-order valence-electron chi connectivity index (χ1n) is 10.2. The second-order valence-electron chi connectivity index (χ2n) is 8.30. The van der Waals surface area contributed by atoms with E-state index in [1.165, 1.54) is 18.3 Å². The van der Waals surface area contributed by atoms with Crippen LogP contribution in [-0.4, -0.2) is 54.0 Å². The van der Waals surface area contributed by atoms with Gasteiger partial charge in [-0.3, -0.25) is 4.79 Å². The van der Waals surface area contributed by atoms with Crippen LogP contribution in [0.15, 0.2) is 34.9 Å². The summed E-state index contributed by atoms with van der Waals surface area (Å²) in [5, 5.41) is 23.4. The van der Waals surface area contributed by atoms with Gasteiger partial charge in [0.15, 0.2) is 17.4 Å². The molecule has 0 saturated carbocycles. The van der Waals surface area contributed by atoms with Crippen molar-refractivity contribution in [2.75, 3.05) is 0 Å². The highest BCUT2D eigenvalue weighted by atomic mass is 79.9. The highest BCUT2D eigenvalue weighted by Gasteiger charge is 2.23. The lowest BCUT2D eigenvalue weighted by atomic mass is 10.2. The van der Waals surface area contributed by atoms with Crippen molar-refractivity contribution >= 4 is 28.0 Å². The predicted molar refractivity (Wildman–Crippen MR) is 121 cm³/mol. The van der Waals surface area contributed by atoms with Gasteiger partial charge in [-0.2, -0.15) is 4.80 Å². The van der Waals surface area contributed by atoms with Gasteiger partial charge in [-0.1, -0.05) is 0 Å². The third-order valence-electron chi connectivity index (χ3n) is 4.15. The Morgan fingerprint density at radius 2 is 1.97 bits per heavy atom. The van der Waals surface area contributed by atoms with Gasteiger partial charge in [0.1, 0.15) is 5.60 Å². The molecular formula is C21H21BrF2N6O5. The molecule has 11 nitrogen and oxygen atoms in total. The monoisotopic (exact) mass is 554 g/mol. The van der Waals surface area contributed by atoms with E-state index in [4.69, 9.17) is 14.6 Å². The van der Waals surface area contributed by atoms with Gasteiger partial charge in [0, 0.05) is 16.2 Å². The molecule has 186 valence electrons. The molecule has 14 heteroatoms. The largest absolute Gasteiger partial charge is 0.481 e. The first-order chi connectivity index (χ1) is 16.4. The number of nitrogens with zero attached hydrogens (tertiary/aromatic N) is 5. The van der Waals surface area contributed by atoms with E-state index in [-0.39, 0.29) is 23.7 Å². The zero-order chi connectivity index (χ0) is 25.8. The van der Waals surface area contributed by atoms with Gasteiger partial charge in [-0.25, -0.2) is 18.6 Å². The molecule has 0 bridgehead atoms. The fourth-order valence-corrected chi connectivity index (χ4v) is 3.09. The summed E-state index contributed by atoms with van der Waals surface area (Å²) in [6.45, 7) is 4.89. The molecule has 2 N–H and O–H groups in total. The smallest absolute Gasteiger partial charge is 0.407 e. The van der Waals surface area contributed by atoms with E-state index in [0.717, 1.165) is 16.9 Å². The third kappa shape index (κ3) is 7.67. The molecule has 1 unspecified atom stereocenters. The number of carboxylic acids is 1. The Bertz CT molecular complexity index is 1230. The molecule has 0 radical (unpaired) electrons. The number of aromatic nitrogens is 5. The van der Waals surface area contributed by atoms with Gasteiger partial charge < -0.3 is 19.9 Å². The Labute approximate surface area is 206 Å². The highest BCUT2D eigenvalue weighted by Crippen LogP contribution is 2.29. The lowest BCUT2D eigenvalue weighted by Gasteiger charge is -2.22. The summed E-state index contributed by atoms with van der Waals surface area (Å²) in [6.07, 6.45) is 0.0954. The van der Waals surface area contributed by atoms with Crippen LogP contribution in [0, 0.1) is 11.6 Å². The molecule has 1 amide bonds. The molecule has 2 aromatic heterocycles. The number of pyridine rings is 1. The number of tetrazole rings is 1. The van der Waals surface area contributed by atoms with Crippen molar-refractivity contribution < 1.29 is 33.0 Å². The predicted octanol–water partition coefficient (Wildman–Crippen LogP) is 3.94. The van der Waals surface area contributed by atoms with Gasteiger partial charge in [0.25, 0.3) is 5.88 Å². The number of carboxylic acid groups (broad SMARTS) is 1. The fraction of sp³-hybridized carbons (Fsp3) is 0.333. The van der Waals surface area contributed by atoms with Crippen LogP contribution < -0.4 is 10.1 Å². The number of hydrogen-bond acceptors (Lipinski definition) is 8. The minimum atomic E-state index is -1.15. The molecule has 0 aliphatic carbocycles. The first-order valence-corrected chi connectivity index (χ1v) is 11.0. The molecule has 3 rings (SSSR count). The number of nitrogens with one attached hydrogen (secondary N) is 1. The van der Waals surface area contributed by atoms with E-state index in [2.05, 4.69) is 41.6 Å². The second-order valence-corrected chi connectivity index (χ2v) is 9.21. The molecule has 0 aliphatic rings. The molecule has 0 spiro atoms. The Morgan fingerprint density at radius 1 is 1.23 bits per heavy atom. The van der Waals surface area contributed by atoms with Gasteiger partial charge >= 0.3 is 12.1 Å². The van der Waals surface area contributed by atoms with E-state index in [1.54, 1.807) is 20.8 Å². The average Bonchev–Trinajstić information content (AvgIpc) is 3.17. The standard InChI is InChI=1S/C21H21BrF2N6O5/c1-21(2,3)35-20(33)26-13(8-17(31)32)10-30-28-18(27-29-30)11-4-5-16(14(23)6-11)34-19-15(24)7-12(22)9-25-19/h4-7,9,13H,8,10H2,1-3H3,(H,26,33)(H,31,32). The Kier molecular flexibility index (Phi) is 7.94. The summed E-state index contributed by atoms with van der Waals surface area (Å²) in [4.78, 5) is 28.0. The number of amides is 1. The van der Waals surface area contributed by atoms with Crippen molar-refractivity contribution in [1.29, 1.82) is 0 Å². The lowest BCUT2D eigenvalue weighted by Crippen LogP contribution is -2.42. The number of alkyl carbamates (subject to hydrolysis) is 1. The molecule has 0 saturated heterocycles. The quantitative estimate of drug-likeness (QED) is 0.423. The minimum absolute atomic E-state index is 0.0368. The zero-order valence-electron chi connectivity index (χ0n) is 18.8. The van der Waals surface area contributed by atoms with Crippen molar-refractivity contribution in [2.24, 2.45) is 0 Å². The molecule has 35 heavy (non-hydrogen) atoms. The molecule has 1 atom stereocenters. The van der Waals surface area contributed by atoms with Gasteiger partial charge in [0.05, 0.1) is 19.0 Å². The molecule has 2 heterocycles. The maximum absolute atomic E-state index is 14.6. The third-order valence-corrected chi connectivity index (χ3v) is 4.58. The van der Waals surface area contributed by atoms with Gasteiger partial charge in [-0.05, 0) is 66.2 Å². The summed E-state index contributed by atoms with van der Waals surface area (Å²) >= 11 is 3.07. The van der Waals surface area contributed by atoms with Crippen molar-refractivity contribution in [2.45, 2.75) is 45.4 Å².